The summed E-state index contributed by atoms with van der Waals surface area (Å²) in [5.74, 6) is -0.384. The Balaban J connectivity index is 1.78. The van der Waals surface area contributed by atoms with E-state index < -0.39 is 12.0 Å². The first kappa shape index (κ1) is 17.8. The lowest BCUT2D eigenvalue weighted by Crippen LogP contribution is -2.34. The second-order valence-corrected chi connectivity index (χ2v) is 6.68. The van der Waals surface area contributed by atoms with Gasteiger partial charge in [-0.1, -0.05) is 12.1 Å². The van der Waals surface area contributed by atoms with Gasteiger partial charge in [0.2, 0.25) is 5.91 Å². The maximum absolute atomic E-state index is 12.6. The summed E-state index contributed by atoms with van der Waals surface area (Å²) in [5, 5.41) is 5.52. The van der Waals surface area contributed by atoms with Gasteiger partial charge in [-0.05, 0) is 37.3 Å². The summed E-state index contributed by atoms with van der Waals surface area (Å²) in [6.07, 6.45) is -0.558. The van der Waals surface area contributed by atoms with E-state index in [4.69, 9.17) is 10.5 Å². The molecule has 1 heterocycles. The molecule has 0 aliphatic carbocycles. The number of nitrogens with one attached hydrogen (secondary N) is 2. The van der Waals surface area contributed by atoms with Crippen LogP contribution in [0.1, 0.15) is 17.3 Å². The van der Waals surface area contributed by atoms with Crippen LogP contribution in [0.2, 0.25) is 0 Å². The molecule has 0 radical (unpaired) electrons. The van der Waals surface area contributed by atoms with Gasteiger partial charge in [0.1, 0.15) is 5.75 Å². The Morgan fingerprint density at radius 1 is 1.27 bits per heavy atom. The van der Waals surface area contributed by atoms with Gasteiger partial charge in [0, 0.05) is 10.6 Å². The highest BCUT2D eigenvalue weighted by atomic mass is 32.2. The molecule has 1 unspecified atom stereocenters. The number of thioether (sulfide) groups is 1. The van der Waals surface area contributed by atoms with Gasteiger partial charge in [-0.25, -0.2) is 0 Å². The normalized spacial score (nSPS) is 15.4. The molecule has 0 saturated heterocycles. The van der Waals surface area contributed by atoms with E-state index in [1.54, 1.807) is 49.4 Å². The van der Waals surface area contributed by atoms with Crippen LogP contribution in [-0.2, 0) is 9.59 Å². The molecule has 1 aliphatic heterocycles. The van der Waals surface area contributed by atoms with Crippen LogP contribution < -0.4 is 21.1 Å². The summed E-state index contributed by atoms with van der Waals surface area (Å²) in [5.41, 5.74) is 6.62. The molecule has 0 fully saturated rings. The molecule has 0 saturated carbocycles. The third-order valence-corrected chi connectivity index (χ3v) is 4.77. The third kappa shape index (κ3) is 3.97. The number of nitrogens with two attached hydrogens (primary N) is 1. The number of carbonyl (C=O) groups excluding carboxylic acids is 3. The molecule has 2 aromatic carbocycles. The van der Waals surface area contributed by atoms with E-state index in [1.807, 2.05) is 0 Å². The van der Waals surface area contributed by atoms with Crippen molar-refractivity contribution < 1.29 is 19.1 Å². The van der Waals surface area contributed by atoms with Crippen LogP contribution in [0.3, 0.4) is 0 Å². The molecule has 1 aliphatic rings. The summed E-state index contributed by atoms with van der Waals surface area (Å²) in [7, 11) is 0. The number of hydrogen-bond acceptors (Lipinski definition) is 5. The van der Waals surface area contributed by atoms with E-state index in [0.29, 0.717) is 27.6 Å². The van der Waals surface area contributed by atoms with Gasteiger partial charge >= 0.3 is 0 Å². The van der Waals surface area contributed by atoms with Crippen molar-refractivity contribution in [2.24, 2.45) is 5.73 Å². The van der Waals surface area contributed by atoms with Crippen LogP contribution in [-0.4, -0.2) is 29.6 Å². The minimum atomic E-state index is -0.558. The highest BCUT2D eigenvalue weighted by molar-refractivity contribution is 8.00. The molecule has 0 spiro atoms. The lowest BCUT2D eigenvalue weighted by molar-refractivity contribution is -0.122. The summed E-state index contributed by atoms with van der Waals surface area (Å²) in [4.78, 5) is 36.0. The number of carbonyl (C=O) groups is 3. The Bertz CT molecular complexity index is 884. The van der Waals surface area contributed by atoms with Crippen molar-refractivity contribution in [3.05, 3.63) is 48.0 Å². The molecule has 1 atom stereocenters. The largest absolute Gasteiger partial charge is 0.479 e. The average Bonchev–Trinajstić information content (AvgIpc) is 2.61. The zero-order valence-electron chi connectivity index (χ0n) is 13.9. The van der Waals surface area contributed by atoms with Gasteiger partial charge in [-0.3, -0.25) is 14.4 Å². The Kier molecular flexibility index (Phi) is 5.13. The standard InChI is InChI=1S/C18H17N3O4S/c1-10-17(23)21-13-8-11(6-7-14(13)25-10)20-18(24)12-4-2-3-5-15(12)26-9-16(19)22/h2-8,10H,9H2,1H3,(H2,19,22)(H,20,24)(H,21,23). The zero-order valence-corrected chi connectivity index (χ0v) is 14.8. The van der Waals surface area contributed by atoms with Gasteiger partial charge < -0.3 is 21.1 Å². The van der Waals surface area contributed by atoms with Crippen molar-refractivity contribution in [2.45, 2.75) is 17.9 Å². The zero-order chi connectivity index (χ0) is 18.7. The molecule has 2 aromatic rings. The molecule has 7 nitrogen and oxygen atoms in total. The van der Waals surface area contributed by atoms with Crippen LogP contribution in [0.5, 0.6) is 5.75 Å². The number of fused-ring (bicyclic) bond motifs is 1. The number of primary amides is 1. The van der Waals surface area contributed by atoms with Crippen molar-refractivity contribution in [3.63, 3.8) is 0 Å². The first-order valence-corrected chi connectivity index (χ1v) is 8.85. The van der Waals surface area contributed by atoms with Gasteiger partial charge in [-0.2, -0.15) is 0 Å². The summed E-state index contributed by atoms with van der Waals surface area (Å²) < 4.78 is 5.49. The lowest BCUT2D eigenvalue weighted by Gasteiger charge is -2.23. The third-order valence-electron chi connectivity index (χ3n) is 3.67. The number of amides is 3. The first-order valence-electron chi connectivity index (χ1n) is 7.87. The predicted molar refractivity (Wildman–Crippen MR) is 99.5 cm³/mol. The van der Waals surface area contributed by atoms with Gasteiger partial charge in [0.05, 0.1) is 17.0 Å². The number of anilines is 2. The van der Waals surface area contributed by atoms with Crippen LogP contribution in [0, 0.1) is 0 Å². The van der Waals surface area contributed by atoms with E-state index in [2.05, 4.69) is 10.6 Å². The van der Waals surface area contributed by atoms with E-state index in [0.717, 1.165) is 0 Å². The quantitative estimate of drug-likeness (QED) is 0.698. The fraction of sp³-hybridized carbons (Fsp3) is 0.167. The Hall–Kier alpha value is -3.00. The van der Waals surface area contributed by atoms with Gasteiger partial charge in [0.25, 0.3) is 11.8 Å². The Labute approximate surface area is 154 Å². The van der Waals surface area contributed by atoms with Crippen molar-refractivity contribution in [1.29, 1.82) is 0 Å². The molecule has 3 amide bonds. The molecule has 26 heavy (non-hydrogen) atoms. The van der Waals surface area contributed by atoms with Gasteiger partial charge in [-0.15, -0.1) is 11.8 Å². The molecular weight excluding hydrogens is 354 g/mol. The molecular formula is C18H17N3O4S. The number of ether oxygens (including phenoxy) is 1. The Morgan fingerprint density at radius 2 is 2.04 bits per heavy atom. The number of hydrogen-bond donors (Lipinski definition) is 3. The van der Waals surface area contributed by atoms with Crippen molar-refractivity contribution in [1.82, 2.24) is 0 Å². The van der Waals surface area contributed by atoms with E-state index in [-0.39, 0.29) is 17.6 Å². The van der Waals surface area contributed by atoms with Crippen molar-refractivity contribution in [3.8, 4) is 5.75 Å². The van der Waals surface area contributed by atoms with E-state index in [9.17, 15) is 14.4 Å². The molecule has 3 rings (SSSR count). The molecule has 0 aromatic heterocycles. The van der Waals surface area contributed by atoms with Crippen LogP contribution in [0.25, 0.3) is 0 Å². The second kappa shape index (κ2) is 7.49. The molecule has 4 N–H and O–H groups in total. The predicted octanol–water partition coefficient (Wildman–Crippen LogP) is 2.24. The molecule has 0 bridgehead atoms. The topological polar surface area (TPSA) is 111 Å². The summed E-state index contributed by atoms with van der Waals surface area (Å²) in [6.45, 7) is 1.66. The summed E-state index contributed by atoms with van der Waals surface area (Å²) in [6, 6.07) is 12.0. The number of benzene rings is 2. The smallest absolute Gasteiger partial charge is 0.265 e. The molecule has 134 valence electrons. The lowest BCUT2D eigenvalue weighted by atomic mass is 10.2. The monoisotopic (exact) mass is 371 g/mol. The number of rotatable bonds is 5. The van der Waals surface area contributed by atoms with Crippen LogP contribution in [0.4, 0.5) is 11.4 Å². The average molecular weight is 371 g/mol. The van der Waals surface area contributed by atoms with Crippen LogP contribution in [0.15, 0.2) is 47.4 Å². The van der Waals surface area contributed by atoms with Crippen LogP contribution >= 0.6 is 11.8 Å². The first-order chi connectivity index (χ1) is 12.4. The van der Waals surface area contributed by atoms with Crippen molar-refractivity contribution in [2.75, 3.05) is 16.4 Å². The van der Waals surface area contributed by atoms with Crippen molar-refractivity contribution >= 4 is 40.9 Å². The minimum absolute atomic E-state index is 0.0880. The maximum atomic E-state index is 12.6. The minimum Gasteiger partial charge on any atom is -0.479 e. The SMILES string of the molecule is CC1Oc2ccc(NC(=O)c3ccccc3SCC(N)=O)cc2NC1=O. The maximum Gasteiger partial charge on any atom is 0.265 e. The summed E-state index contributed by atoms with van der Waals surface area (Å²) >= 11 is 1.21. The highest BCUT2D eigenvalue weighted by Crippen LogP contribution is 2.32. The fourth-order valence-electron chi connectivity index (χ4n) is 2.41. The Morgan fingerprint density at radius 3 is 2.81 bits per heavy atom. The molecule has 8 heteroatoms. The van der Waals surface area contributed by atoms with Gasteiger partial charge in [0.15, 0.2) is 6.10 Å². The fourth-order valence-corrected chi connectivity index (χ4v) is 3.20. The second-order valence-electron chi connectivity index (χ2n) is 5.67. The highest BCUT2D eigenvalue weighted by Gasteiger charge is 2.23. The van der Waals surface area contributed by atoms with E-state index >= 15 is 0 Å². The van der Waals surface area contributed by atoms with E-state index in [1.165, 1.54) is 11.8 Å².